The molecule has 2 aromatic rings. The molecular formula is C14H17N3O3. The van der Waals surface area contributed by atoms with Crippen molar-refractivity contribution in [3.63, 3.8) is 0 Å². The summed E-state index contributed by atoms with van der Waals surface area (Å²) in [6, 6.07) is 5.06. The highest BCUT2D eigenvalue weighted by molar-refractivity contribution is 5.94. The van der Waals surface area contributed by atoms with E-state index in [0.717, 1.165) is 5.82 Å². The van der Waals surface area contributed by atoms with Gasteiger partial charge in [-0.1, -0.05) is 0 Å². The lowest BCUT2D eigenvalue weighted by Crippen LogP contribution is -2.25. The van der Waals surface area contributed by atoms with Crippen molar-refractivity contribution >= 4 is 5.91 Å². The fraction of sp³-hybridized carbons (Fsp3) is 0.286. The average Bonchev–Trinajstić information content (AvgIpc) is 2.99. The molecule has 0 aliphatic heterocycles. The van der Waals surface area contributed by atoms with E-state index in [9.17, 15) is 4.79 Å². The molecule has 0 spiro atoms. The predicted octanol–water partition coefficient (Wildman–Crippen LogP) is 1.40. The van der Waals surface area contributed by atoms with E-state index in [-0.39, 0.29) is 5.91 Å². The number of nitrogens with one attached hydrogen (secondary N) is 2. The van der Waals surface area contributed by atoms with Gasteiger partial charge in [0.2, 0.25) is 0 Å². The summed E-state index contributed by atoms with van der Waals surface area (Å²) in [5.41, 5.74) is 0.530. The first-order chi connectivity index (χ1) is 9.74. The molecule has 0 saturated carbocycles. The first-order valence-electron chi connectivity index (χ1n) is 6.23. The maximum absolute atomic E-state index is 12.0. The van der Waals surface area contributed by atoms with Gasteiger partial charge in [0, 0.05) is 30.9 Å². The van der Waals surface area contributed by atoms with Gasteiger partial charge in [0.25, 0.3) is 5.91 Å². The number of aromatic nitrogens is 2. The van der Waals surface area contributed by atoms with Gasteiger partial charge in [0.1, 0.15) is 5.82 Å². The van der Waals surface area contributed by atoms with Gasteiger partial charge in [-0.15, -0.1) is 0 Å². The monoisotopic (exact) mass is 275 g/mol. The van der Waals surface area contributed by atoms with E-state index in [2.05, 4.69) is 15.3 Å². The summed E-state index contributed by atoms with van der Waals surface area (Å²) < 4.78 is 10.3. The number of imidazole rings is 1. The van der Waals surface area contributed by atoms with Crippen LogP contribution in [0.5, 0.6) is 11.5 Å². The molecule has 0 aliphatic rings. The van der Waals surface area contributed by atoms with Crippen LogP contribution in [-0.2, 0) is 6.42 Å². The molecular weight excluding hydrogens is 258 g/mol. The van der Waals surface area contributed by atoms with Crippen molar-refractivity contribution in [2.75, 3.05) is 20.8 Å². The molecule has 0 fully saturated rings. The van der Waals surface area contributed by atoms with Crippen LogP contribution < -0.4 is 14.8 Å². The van der Waals surface area contributed by atoms with Gasteiger partial charge in [0.15, 0.2) is 11.5 Å². The van der Waals surface area contributed by atoms with Gasteiger partial charge in [-0.3, -0.25) is 4.79 Å². The van der Waals surface area contributed by atoms with Gasteiger partial charge in [-0.05, 0) is 18.2 Å². The number of ether oxygens (including phenoxy) is 2. The first-order valence-corrected chi connectivity index (χ1v) is 6.23. The minimum atomic E-state index is -0.155. The minimum Gasteiger partial charge on any atom is -0.493 e. The van der Waals surface area contributed by atoms with E-state index < -0.39 is 0 Å². The molecule has 20 heavy (non-hydrogen) atoms. The average molecular weight is 275 g/mol. The van der Waals surface area contributed by atoms with E-state index in [1.54, 1.807) is 37.7 Å². The third kappa shape index (κ3) is 3.28. The van der Waals surface area contributed by atoms with Crippen molar-refractivity contribution in [1.82, 2.24) is 15.3 Å². The molecule has 6 heteroatoms. The number of methoxy groups -OCH3 is 2. The minimum absolute atomic E-state index is 0.155. The largest absolute Gasteiger partial charge is 0.493 e. The molecule has 2 N–H and O–H groups in total. The first kappa shape index (κ1) is 13.9. The normalized spacial score (nSPS) is 10.1. The number of hydrogen-bond acceptors (Lipinski definition) is 4. The Balaban J connectivity index is 1.95. The number of carbonyl (C=O) groups is 1. The summed E-state index contributed by atoms with van der Waals surface area (Å²) >= 11 is 0. The lowest BCUT2D eigenvalue weighted by Gasteiger charge is -2.09. The van der Waals surface area contributed by atoms with Crippen molar-refractivity contribution in [1.29, 1.82) is 0 Å². The predicted molar refractivity (Wildman–Crippen MR) is 74.2 cm³/mol. The zero-order valence-corrected chi connectivity index (χ0v) is 11.5. The third-order valence-electron chi connectivity index (χ3n) is 2.85. The Kier molecular flexibility index (Phi) is 4.60. The van der Waals surface area contributed by atoms with Crippen molar-refractivity contribution < 1.29 is 14.3 Å². The molecule has 1 aromatic heterocycles. The number of H-pyrrole nitrogens is 1. The van der Waals surface area contributed by atoms with E-state index >= 15 is 0 Å². The molecule has 106 valence electrons. The zero-order chi connectivity index (χ0) is 14.4. The second-order valence-electron chi connectivity index (χ2n) is 4.11. The number of nitrogens with zero attached hydrogens (tertiary/aromatic N) is 1. The number of benzene rings is 1. The molecule has 0 unspecified atom stereocenters. The molecule has 1 amide bonds. The van der Waals surface area contributed by atoms with Gasteiger partial charge in [-0.25, -0.2) is 4.98 Å². The Morgan fingerprint density at radius 2 is 2.10 bits per heavy atom. The Morgan fingerprint density at radius 1 is 1.30 bits per heavy atom. The highest BCUT2D eigenvalue weighted by Crippen LogP contribution is 2.27. The summed E-state index contributed by atoms with van der Waals surface area (Å²) in [7, 11) is 3.09. The van der Waals surface area contributed by atoms with Crippen LogP contribution in [0.25, 0.3) is 0 Å². The molecule has 0 radical (unpaired) electrons. The lowest BCUT2D eigenvalue weighted by molar-refractivity contribution is 0.0953. The highest BCUT2D eigenvalue weighted by Gasteiger charge is 2.10. The van der Waals surface area contributed by atoms with E-state index in [4.69, 9.17) is 9.47 Å². The van der Waals surface area contributed by atoms with Crippen LogP contribution in [0.4, 0.5) is 0 Å². The highest BCUT2D eigenvalue weighted by atomic mass is 16.5. The summed E-state index contributed by atoms with van der Waals surface area (Å²) in [6.07, 6.45) is 4.10. The van der Waals surface area contributed by atoms with Crippen LogP contribution in [-0.4, -0.2) is 36.6 Å². The van der Waals surface area contributed by atoms with Gasteiger partial charge in [0.05, 0.1) is 14.2 Å². The fourth-order valence-corrected chi connectivity index (χ4v) is 1.81. The standard InChI is InChI=1S/C14H17N3O3/c1-19-11-4-3-10(9-12(11)20-2)14(18)17-6-5-13-15-7-8-16-13/h3-4,7-9H,5-6H2,1-2H3,(H,15,16)(H,17,18). The van der Waals surface area contributed by atoms with Gasteiger partial charge in [-0.2, -0.15) is 0 Å². The second-order valence-corrected chi connectivity index (χ2v) is 4.11. The molecule has 0 aliphatic carbocycles. The summed E-state index contributed by atoms with van der Waals surface area (Å²) in [4.78, 5) is 19.1. The molecule has 1 heterocycles. The number of aromatic amines is 1. The zero-order valence-electron chi connectivity index (χ0n) is 11.5. The number of amides is 1. The van der Waals surface area contributed by atoms with E-state index in [1.807, 2.05) is 0 Å². The number of hydrogen-bond donors (Lipinski definition) is 2. The maximum Gasteiger partial charge on any atom is 0.251 e. The smallest absolute Gasteiger partial charge is 0.251 e. The Labute approximate surface area is 117 Å². The summed E-state index contributed by atoms with van der Waals surface area (Å²) in [5.74, 6) is 1.82. The number of rotatable bonds is 6. The van der Waals surface area contributed by atoms with Gasteiger partial charge < -0.3 is 19.8 Å². The van der Waals surface area contributed by atoms with Crippen molar-refractivity contribution in [2.24, 2.45) is 0 Å². The van der Waals surface area contributed by atoms with Crippen molar-refractivity contribution in [3.05, 3.63) is 42.0 Å². The van der Waals surface area contributed by atoms with Crippen LogP contribution in [0.3, 0.4) is 0 Å². The van der Waals surface area contributed by atoms with E-state index in [1.165, 1.54) is 7.11 Å². The SMILES string of the molecule is COc1ccc(C(=O)NCCc2ncc[nH]2)cc1OC. The Morgan fingerprint density at radius 3 is 2.75 bits per heavy atom. The molecule has 0 saturated heterocycles. The van der Waals surface area contributed by atoms with E-state index in [0.29, 0.717) is 30.0 Å². The van der Waals surface area contributed by atoms with Crippen LogP contribution in [0, 0.1) is 0 Å². The summed E-state index contributed by atoms with van der Waals surface area (Å²) in [6.45, 7) is 0.515. The second kappa shape index (κ2) is 6.60. The Bertz CT molecular complexity index is 567. The van der Waals surface area contributed by atoms with Crippen molar-refractivity contribution in [2.45, 2.75) is 6.42 Å². The Hall–Kier alpha value is -2.50. The van der Waals surface area contributed by atoms with Crippen LogP contribution >= 0.6 is 0 Å². The molecule has 0 atom stereocenters. The van der Waals surface area contributed by atoms with Crippen LogP contribution in [0.1, 0.15) is 16.2 Å². The lowest BCUT2D eigenvalue weighted by atomic mass is 10.2. The third-order valence-corrected chi connectivity index (χ3v) is 2.85. The maximum atomic E-state index is 12.0. The van der Waals surface area contributed by atoms with Crippen LogP contribution in [0.2, 0.25) is 0 Å². The van der Waals surface area contributed by atoms with Gasteiger partial charge >= 0.3 is 0 Å². The molecule has 2 rings (SSSR count). The topological polar surface area (TPSA) is 76.2 Å². The van der Waals surface area contributed by atoms with Crippen LogP contribution in [0.15, 0.2) is 30.6 Å². The summed E-state index contributed by atoms with van der Waals surface area (Å²) in [5, 5.41) is 2.83. The quantitative estimate of drug-likeness (QED) is 0.835. The molecule has 0 bridgehead atoms. The number of carbonyl (C=O) groups excluding carboxylic acids is 1. The van der Waals surface area contributed by atoms with Crippen molar-refractivity contribution in [3.8, 4) is 11.5 Å². The molecule has 6 nitrogen and oxygen atoms in total. The molecule has 1 aromatic carbocycles. The fourth-order valence-electron chi connectivity index (χ4n) is 1.81.